The molecule has 14 heavy (non-hydrogen) atoms. The van der Waals surface area contributed by atoms with Crippen molar-refractivity contribution in [1.29, 1.82) is 0 Å². The van der Waals surface area contributed by atoms with Crippen molar-refractivity contribution in [1.82, 2.24) is 0 Å². The molecular formula is C11H13O3. The Morgan fingerprint density at radius 3 is 2.93 bits per heavy atom. The van der Waals surface area contributed by atoms with E-state index in [1.54, 1.807) is 0 Å². The zero-order valence-electron chi connectivity index (χ0n) is 8.10. The average Bonchev–Trinajstić information content (AvgIpc) is 3.00. The predicted molar refractivity (Wildman–Crippen MR) is 51.1 cm³/mol. The van der Waals surface area contributed by atoms with Gasteiger partial charge in [-0.05, 0) is 25.1 Å². The Hall–Kier alpha value is -1.06. The molecule has 0 amide bonds. The second-order valence-corrected chi connectivity index (χ2v) is 3.21. The van der Waals surface area contributed by atoms with Crippen molar-refractivity contribution in [2.24, 2.45) is 0 Å². The fraction of sp³-hybridized carbons (Fsp3) is 0.455. The molecule has 1 aliphatic rings. The van der Waals surface area contributed by atoms with Gasteiger partial charge in [0.25, 0.3) is 0 Å². The molecule has 1 heterocycles. The fourth-order valence-electron chi connectivity index (χ4n) is 1.08. The van der Waals surface area contributed by atoms with E-state index in [-0.39, 0.29) is 12.4 Å². The van der Waals surface area contributed by atoms with Crippen LogP contribution in [0.1, 0.15) is 6.92 Å². The number of ether oxygens (including phenoxy) is 3. The standard InChI is InChI=1S/C11H13O3/c1-9(12-7-11-8-13-11)14-10-5-3-2-4-6-10/h3-6,9,11H,7-8H2,1H3. The molecule has 3 nitrogen and oxygen atoms in total. The Balaban J connectivity index is 1.73. The van der Waals surface area contributed by atoms with Crippen molar-refractivity contribution in [3.8, 4) is 5.75 Å². The van der Waals surface area contributed by atoms with Gasteiger partial charge >= 0.3 is 0 Å². The lowest BCUT2D eigenvalue weighted by Gasteiger charge is -2.14. The second kappa shape index (κ2) is 4.44. The van der Waals surface area contributed by atoms with E-state index in [9.17, 15) is 0 Å². The largest absolute Gasteiger partial charge is 0.465 e. The number of hydrogen-bond acceptors (Lipinski definition) is 3. The molecule has 1 fully saturated rings. The smallest absolute Gasteiger partial charge is 0.197 e. The lowest BCUT2D eigenvalue weighted by atomic mass is 10.3. The summed E-state index contributed by atoms with van der Waals surface area (Å²) >= 11 is 0. The molecule has 1 saturated heterocycles. The maximum Gasteiger partial charge on any atom is 0.197 e. The molecule has 2 unspecified atom stereocenters. The maximum absolute atomic E-state index is 5.49. The molecule has 1 aliphatic heterocycles. The molecule has 0 N–H and O–H groups in total. The molecular weight excluding hydrogens is 180 g/mol. The first-order valence-corrected chi connectivity index (χ1v) is 4.70. The Bertz CT molecular complexity index is 269. The molecule has 0 spiro atoms. The summed E-state index contributed by atoms with van der Waals surface area (Å²) in [6, 6.07) is 10.3. The molecule has 0 saturated carbocycles. The van der Waals surface area contributed by atoms with E-state index in [1.807, 2.05) is 31.2 Å². The SMILES string of the molecule is CC(OCC1CO1)Oc1cc[c]cc1. The van der Waals surface area contributed by atoms with Crippen LogP contribution >= 0.6 is 0 Å². The Labute approximate surface area is 83.6 Å². The molecule has 3 heteroatoms. The van der Waals surface area contributed by atoms with Crippen LogP contribution in [0.2, 0.25) is 0 Å². The van der Waals surface area contributed by atoms with Crippen LogP contribution in [0.15, 0.2) is 24.3 Å². The van der Waals surface area contributed by atoms with Gasteiger partial charge in [0.05, 0.1) is 13.2 Å². The number of rotatable bonds is 5. The summed E-state index contributed by atoms with van der Waals surface area (Å²) in [4.78, 5) is 0. The first kappa shape index (κ1) is 9.49. The van der Waals surface area contributed by atoms with Gasteiger partial charge in [-0.3, -0.25) is 0 Å². The van der Waals surface area contributed by atoms with Crippen LogP contribution in [0, 0.1) is 6.07 Å². The highest BCUT2D eigenvalue weighted by molar-refractivity contribution is 5.20. The minimum atomic E-state index is -0.235. The van der Waals surface area contributed by atoms with Crippen LogP contribution in [-0.4, -0.2) is 25.6 Å². The average molecular weight is 193 g/mol. The van der Waals surface area contributed by atoms with Crippen LogP contribution in [0.25, 0.3) is 0 Å². The molecule has 1 radical (unpaired) electrons. The van der Waals surface area contributed by atoms with Gasteiger partial charge in [-0.25, -0.2) is 0 Å². The lowest BCUT2D eigenvalue weighted by molar-refractivity contribution is -0.0709. The van der Waals surface area contributed by atoms with Crippen LogP contribution in [0.4, 0.5) is 0 Å². The second-order valence-electron chi connectivity index (χ2n) is 3.21. The van der Waals surface area contributed by atoms with Gasteiger partial charge in [-0.2, -0.15) is 0 Å². The summed E-state index contributed by atoms with van der Waals surface area (Å²) in [6.45, 7) is 3.30. The van der Waals surface area contributed by atoms with E-state index in [4.69, 9.17) is 14.2 Å². The van der Waals surface area contributed by atoms with Gasteiger partial charge in [-0.1, -0.05) is 12.1 Å². The summed E-state index contributed by atoms with van der Waals surface area (Å²) in [5, 5.41) is 0. The van der Waals surface area contributed by atoms with Crippen molar-refractivity contribution in [3.63, 3.8) is 0 Å². The zero-order chi connectivity index (χ0) is 9.80. The summed E-state index contributed by atoms with van der Waals surface area (Å²) in [5.41, 5.74) is 0. The number of epoxide rings is 1. The van der Waals surface area contributed by atoms with Gasteiger partial charge in [0.15, 0.2) is 6.29 Å². The zero-order valence-corrected chi connectivity index (χ0v) is 8.10. The van der Waals surface area contributed by atoms with Crippen molar-refractivity contribution in [3.05, 3.63) is 30.3 Å². The quantitative estimate of drug-likeness (QED) is 0.526. The van der Waals surface area contributed by atoms with Gasteiger partial charge in [0.2, 0.25) is 0 Å². The van der Waals surface area contributed by atoms with Gasteiger partial charge in [-0.15, -0.1) is 0 Å². The monoisotopic (exact) mass is 193 g/mol. The summed E-state index contributed by atoms with van der Waals surface area (Å²) in [7, 11) is 0. The number of benzene rings is 1. The summed E-state index contributed by atoms with van der Waals surface area (Å²) in [5.74, 6) is 0.799. The topological polar surface area (TPSA) is 31.0 Å². The minimum absolute atomic E-state index is 0.235. The molecule has 1 aromatic carbocycles. The Morgan fingerprint density at radius 2 is 2.29 bits per heavy atom. The van der Waals surface area contributed by atoms with E-state index in [0.717, 1.165) is 12.4 Å². The van der Waals surface area contributed by atoms with E-state index >= 15 is 0 Å². The summed E-state index contributed by atoms with van der Waals surface area (Å²) in [6.07, 6.45) is 0.0479. The summed E-state index contributed by atoms with van der Waals surface area (Å²) < 4.78 is 15.9. The van der Waals surface area contributed by atoms with Gasteiger partial charge in [0, 0.05) is 0 Å². The molecule has 0 bridgehead atoms. The third-order valence-corrected chi connectivity index (χ3v) is 1.91. The normalized spacial score (nSPS) is 21.6. The predicted octanol–water partition coefficient (Wildman–Crippen LogP) is 1.63. The van der Waals surface area contributed by atoms with E-state index in [0.29, 0.717) is 6.61 Å². The minimum Gasteiger partial charge on any atom is -0.465 e. The fourth-order valence-corrected chi connectivity index (χ4v) is 1.08. The van der Waals surface area contributed by atoms with Crippen LogP contribution in [-0.2, 0) is 9.47 Å². The molecule has 1 aromatic rings. The lowest BCUT2D eigenvalue weighted by Crippen LogP contribution is -2.18. The first-order valence-electron chi connectivity index (χ1n) is 4.70. The van der Waals surface area contributed by atoms with E-state index in [2.05, 4.69) is 6.07 Å². The van der Waals surface area contributed by atoms with E-state index in [1.165, 1.54) is 0 Å². The third-order valence-electron chi connectivity index (χ3n) is 1.91. The molecule has 2 atom stereocenters. The highest BCUT2D eigenvalue weighted by atomic mass is 16.7. The van der Waals surface area contributed by atoms with Crippen molar-refractivity contribution < 1.29 is 14.2 Å². The molecule has 0 aromatic heterocycles. The maximum atomic E-state index is 5.49. The highest BCUT2D eigenvalue weighted by Gasteiger charge is 2.23. The van der Waals surface area contributed by atoms with Gasteiger partial charge < -0.3 is 14.2 Å². The van der Waals surface area contributed by atoms with Crippen LogP contribution < -0.4 is 4.74 Å². The Kier molecular flexibility index (Phi) is 3.01. The van der Waals surface area contributed by atoms with Gasteiger partial charge in [0.1, 0.15) is 11.9 Å². The third kappa shape index (κ3) is 3.01. The van der Waals surface area contributed by atoms with Crippen LogP contribution in [0.5, 0.6) is 5.75 Å². The first-order chi connectivity index (χ1) is 6.84. The van der Waals surface area contributed by atoms with Crippen molar-refractivity contribution in [2.45, 2.75) is 19.3 Å². The molecule has 0 aliphatic carbocycles. The van der Waals surface area contributed by atoms with Crippen molar-refractivity contribution >= 4 is 0 Å². The Morgan fingerprint density at radius 1 is 1.57 bits per heavy atom. The number of hydrogen-bond donors (Lipinski definition) is 0. The van der Waals surface area contributed by atoms with Crippen molar-refractivity contribution in [2.75, 3.05) is 13.2 Å². The molecule has 75 valence electrons. The van der Waals surface area contributed by atoms with Crippen LogP contribution in [0.3, 0.4) is 0 Å². The molecule has 2 rings (SSSR count). The van der Waals surface area contributed by atoms with E-state index < -0.39 is 0 Å². The highest BCUT2D eigenvalue weighted by Crippen LogP contribution is 2.13.